The van der Waals surface area contributed by atoms with Crippen LogP contribution in [0.25, 0.3) is 0 Å². The van der Waals surface area contributed by atoms with Gasteiger partial charge in [-0.25, -0.2) is 0 Å². The molecule has 0 aliphatic carbocycles. The Hall–Kier alpha value is -2.14. The zero-order valence-corrected chi connectivity index (χ0v) is 12.4. The molecule has 3 N–H and O–H groups in total. The van der Waals surface area contributed by atoms with Gasteiger partial charge in [0.1, 0.15) is 5.75 Å². The van der Waals surface area contributed by atoms with Gasteiger partial charge in [0.2, 0.25) is 5.91 Å². The summed E-state index contributed by atoms with van der Waals surface area (Å²) in [6, 6.07) is 13.2. The Labute approximate surface area is 127 Å². The molecule has 1 aliphatic rings. The molecule has 0 spiro atoms. The van der Waals surface area contributed by atoms with Crippen molar-refractivity contribution in [2.24, 2.45) is 0 Å². The topological polar surface area (TPSA) is 64.3 Å². The number of amides is 1. The lowest BCUT2D eigenvalue weighted by Gasteiger charge is -2.14. The van der Waals surface area contributed by atoms with Crippen LogP contribution >= 0.6 is 11.8 Å². The summed E-state index contributed by atoms with van der Waals surface area (Å²) in [6.45, 7) is 0. The Morgan fingerprint density at radius 2 is 2.14 bits per heavy atom. The molecule has 1 atom stereocenters. The van der Waals surface area contributed by atoms with Crippen LogP contribution in [0.2, 0.25) is 0 Å². The molecular formula is C16H16N2O2S. The molecule has 0 saturated heterocycles. The molecule has 1 heterocycles. The molecule has 3 rings (SSSR count). The SMILES string of the molecule is COc1cc(N)ccc1NC(=O)C1CSc2ccccc21. The number of rotatable bonds is 3. The molecule has 0 saturated carbocycles. The van der Waals surface area contributed by atoms with Crippen molar-refractivity contribution >= 4 is 29.0 Å². The average molecular weight is 300 g/mol. The molecule has 1 amide bonds. The molecular weight excluding hydrogens is 284 g/mol. The summed E-state index contributed by atoms with van der Waals surface area (Å²) in [7, 11) is 1.56. The molecule has 0 aromatic heterocycles. The van der Waals surface area contributed by atoms with Crippen LogP contribution in [-0.2, 0) is 4.79 Å². The highest BCUT2D eigenvalue weighted by molar-refractivity contribution is 7.99. The van der Waals surface area contributed by atoms with Crippen molar-refractivity contribution in [3.05, 3.63) is 48.0 Å². The number of thioether (sulfide) groups is 1. The van der Waals surface area contributed by atoms with Crippen LogP contribution in [0.15, 0.2) is 47.4 Å². The fraction of sp³-hybridized carbons (Fsp3) is 0.188. The number of methoxy groups -OCH3 is 1. The Morgan fingerprint density at radius 1 is 1.33 bits per heavy atom. The predicted molar refractivity (Wildman–Crippen MR) is 85.9 cm³/mol. The zero-order chi connectivity index (χ0) is 14.8. The Kier molecular flexibility index (Phi) is 3.75. The maximum atomic E-state index is 12.5. The van der Waals surface area contributed by atoms with Crippen molar-refractivity contribution in [2.45, 2.75) is 10.8 Å². The maximum absolute atomic E-state index is 12.5. The molecule has 2 aromatic rings. The first-order valence-electron chi connectivity index (χ1n) is 6.65. The van der Waals surface area contributed by atoms with E-state index in [2.05, 4.69) is 11.4 Å². The molecule has 108 valence electrons. The van der Waals surface area contributed by atoms with E-state index in [9.17, 15) is 4.79 Å². The quantitative estimate of drug-likeness (QED) is 0.855. The van der Waals surface area contributed by atoms with Crippen molar-refractivity contribution in [1.29, 1.82) is 0 Å². The van der Waals surface area contributed by atoms with E-state index in [1.807, 2.05) is 18.2 Å². The van der Waals surface area contributed by atoms with E-state index < -0.39 is 0 Å². The molecule has 4 nitrogen and oxygen atoms in total. The molecule has 0 fully saturated rings. The number of nitrogens with two attached hydrogens (primary N) is 1. The van der Waals surface area contributed by atoms with Gasteiger partial charge in [-0.3, -0.25) is 4.79 Å². The van der Waals surface area contributed by atoms with Gasteiger partial charge >= 0.3 is 0 Å². The summed E-state index contributed by atoms with van der Waals surface area (Å²) < 4.78 is 5.26. The highest BCUT2D eigenvalue weighted by atomic mass is 32.2. The lowest BCUT2D eigenvalue weighted by molar-refractivity contribution is -0.117. The van der Waals surface area contributed by atoms with E-state index in [-0.39, 0.29) is 11.8 Å². The lowest BCUT2D eigenvalue weighted by Crippen LogP contribution is -2.21. The van der Waals surface area contributed by atoms with Crippen molar-refractivity contribution in [2.75, 3.05) is 23.9 Å². The summed E-state index contributed by atoms with van der Waals surface area (Å²) >= 11 is 1.72. The van der Waals surface area contributed by atoms with Crippen molar-refractivity contribution in [3.63, 3.8) is 0 Å². The third kappa shape index (κ3) is 2.69. The molecule has 5 heteroatoms. The van der Waals surface area contributed by atoms with Gasteiger partial charge in [0, 0.05) is 22.4 Å². The highest BCUT2D eigenvalue weighted by Crippen LogP contribution is 2.40. The van der Waals surface area contributed by atoms with Crippen LogP contribution < -0.4 is 15.8 Å². The Morgan fingerprint density at radius 3 is 2.95 bits per heavy atom. The number of carbonyl (C=O) groups is 1. The van der Waals surface area contributed by atoms with Crippen LogP contribution in [0.5, 0.6) is 5.75 Å². The van der Waals surface area contributed by atoms with E-state index in [4.69, 9.17) is 10.5 Å². The Bertz CT molecular complexity index is 688. The molecule has 21 heavy (non-hydrogen) atoms. The number of nitrogen functional groups attached to an aromatic ring is 1. The van der Waals surface area contributed by atoms with Gasteiger partial charge in [0.25, 0.3) is 0 Å². The number of nitrogens with one attached hydrogen (secondary N) is 1. The number of carbonyl (C=O) groups excluding carboxylic acids is 1. The van der Waals surface area contributed by atoms with Gasteiger partial charge < -0.3 is 15.8 Å². The third-order valence-corrected chi connectivity index (χ3v) is 4.68. The summed E-state index contributed by atoms with van der Waals surface area (Å²) in [5.74, 6) is 1.19. The number of hydrogen-bond donors (Lipinski definition) is 2. The summed E-state index contributed by atoms with van der Waals surface area (Å²) in [4.78, 5) is 13.7. The van der Waals surface area contributed by atoms with E-state index in [0.29, 0.717) is 17.1 Å². The first-order chi connectivity index (χ1) is 10.2. The minimum Gasteiger partial charge on any atom is -0.494 e. The van der Waals surface area contributed by atoms with Crippen LogP contribution in [0.1, 0.15) is 11.5 Å². The lowest BCUT2D eigenvalue weighted by atomic mass is 10.0. The second-order valence-electron chi connectivity index (χ2n) is 4.85. The number of hydrogen-bond acceptors (Lipinski definition) is 4. The van der Waals surface area contributed by atoms with E-state index in [1.54, 1.807) is 37.1 Å². The maximum Gasteiger partial charge on any atom is 0.232 e. The number of ether oxygens (including phenoxy) is 1. The van der Waals surface area contributed by atoms with Crippen LogP contribution in [0.3, 0.4) is 0 Å². The largest absolute Gasteiger partial charge is 0.494 e. The third-order valence-electron chi connectivity index (χ3n) is 3.50. The second kappa shape index (κ2) is 5.69. The molecule has 1 unspecified atom stereocenters. The van der Waals surface area contributed by atoms with Crippen LogP contribution in [0, 0.1) is 0 Å². The van der Waals surface area contributed by atoms with Gasteiger partial charge in [-0.15, -0.1) is 11.8 Å². The fourth-order valence-electron chi connectivity index (χ4n) is 2.41. The second-order valence-corrected chi connectivity index (χ2v) is 5.91. The number of anilines is 2. The van der Waals surface area contributed by atoms with E-state index in [1.165, 1.54) is 4.90 Å². The summed E-state index contributed by atoms with van der Waals surface area (Å²) in [6.07, 6.45) is 0. The predicted octanol–water partition coefficient (Wildman–Crippen LogP) is 3.11. The van der Waals surface area contributed by atoms with E-state index >= 15 is 0 Å². The average Bonchev–Trinajstić information content (AvgIpc) is 2.93. The highest BCUT2D eigenvalue weighted by Gasteiger charge is 2.29. The standard InChI is InChI=1S/C16H16N2O2S/c1-20-14-8-10(17)6-7-13(14)18-16(19)12-9-21-15-5-3-2-4-11(12)15/h2-8,12H,9,17H2,1H3,(H,18,19). The van der Waals surface area contributed by atoms with Crippen molar-refractivity contribution in [3.8, 4) is 5.75 Å². The van der Waals surface area contributed by atoms with Gasteiger partial charge in [-0.2, -0.15) is 0 Å². The smallest absolute Gasteiger partial charge is 0.232 e. The number of benzene rings is 2. The summed E-state index contributed by atoms with van der Waals surface area (Å²) in [5, 5.41) is 2.94. The molecule has 2 aromatic carbocycles. The Balaban J connectivity index is 1.82. The van der Waals surface area contributed by atoms with Gasteiger partial charge in [-0.1, -0.05) is 18.2 Å². The number of fused-ring (bicyclic) bond motifs is 1. The first kappa shape index (κ1) is 13.8. The van der Waals surface area contributed by atoms with Crippen LogP contribution in [0.4, 0.5) is 11.4 Å². The van der Waals surface area contributed by atoms with Gasteiger partial charge in [0.15, 0.2) is 0 Å². The van der Waals surface area contributed by atoms with Gasteiger partial charge in [0.05, 0.1) is 18.7 Å². The van der Waals surface area contributed by atoms with E-state index in [0.717, 1.165) is 11.3 Å². The fourth-order valence-corrected chi connectivity index (χ4v) is 3.64. The minimum atomic E-state index is -0.131. The van der Waals surface area contributed by atoms with Crippen molar-refractivity contribution < 1.29 is 9.53 Å². The molecule has 0 radical (unpaired) electrons. The molecule has 0 bridgehead atoms. The van der Waals surface area contributed by atoms with Gasteiger partial charge in [-0.05, 0) is 23.8 Å². The monoisotopic (exact) mass is 300 g/mol. The molecule has 1 aliphatic heterocycles. The summed E-state index contributed by atoms with van der Waals surface area (Å²) in [5.41, 5.74) is 8.06. The normalized spacial score (nSPS) is 16.3. The zero-order valence-electron chi connectivity index (χ0n) is 11.6. The minimum absolute atomic E-state index is 0.0180. The van der Waals surface area contributed by atoms with Crippen molar-refractivity contribution in [1.82, 2.24) is 0 Å². The van der Waals surface area contributed by atoms with Crippen LogP contribution in [-0.4, -0.2) is 18.8 Å². The first-order valence-corrected chi connectivity index (χ1v) is 7.63.